The second kappa shape index (κ2) is 23.4. The van der Waals surface area contributed by atoms with E-state index in [2.05, 4.69) is 155 Å². The molecular formula is C72H67N4O4+. The Hall–Kier alpha value is -9.14. The zero-order valence-corrected chi connectivity index (χ0v) is 46.0. The summed E-state index contributed by atoms with van der Waals surface area (Å²) in [6.07, 6.45) is 12.2. The molecule has 0 bridgehead atoms. The quantitative estimate of drug-likeness (QED) is 0.0587. The summed E-state index contributed by atoms with van der Waals surface area (Å²) in [6, 6.07) is 64.3. The zero-order valence-electron chi connectivity index (χ0n) is 46.0. The maximum absolute atomic E-state index is 15.2. The van der Waals surface area contributed by atoms with Crippen LogP contribution in [-0.4, -0.2) is 28.4 Å². The highest BCUT2D eigenvalue weighted by atomic mass is 16.3. The number of carbonyl (C=O) groups is 3. The van der Waals surface area contributed by atoms with E-state index in [9.17, 15) is 14.7 Å². The third-order valence-corrected chi connectivity index (χ3v) is 16.0. The average Bonchev–Trinajstić information content (AvgIpc) is 3.65. The first-order valence-corrected chi connectivity index (χ1v) is 28.5. The number of carbonyl (C=O) groups excluding carboxylic acids is 3. The van der Waals surface area contributed by atoms with Gasteiger partial charge in [-0.05, 0) is 129 Å². The van der Waals surface area contributed by atoms with Gasteiger partial charge in [0.25, 0.3) is 0 Å². The van der Waals surface area contributed by atoms with Crippen LogP contribution in [-0.2, 0) is 14.4 Å². The first-order valence-electron chi connectivity index (χ1n) is 28.5. The number of hydrogen-bond donors (Lipinski definition) is 3. The van der Waals surface area contributed by atoms with Gasteiger partial charge in [-0.15, -0.1) is 0 Å². The minimum Gasteiger partial charge on any atom is -0.506 e. The topological polar surface area (TPSA) is 102 Å². The van der Waals surface area contributed by atoms with Crippen LogP contribution in [0, 0.1) is 11.8 Å². The molecular weight excluding hydrogens is 985 g/mol. The van der Waals surface area contributed by atoms with Crippen molar-refractivity contribution in [3.63, 3.8) is 0 Å². The lowest BCUT2D eigenvalue weighted by Crippen LogP contribution is -2.34. The van der Waals surface area contributed by atoms with Gasteiger partial charge in [0.05, 0.1) is 22.5 Å². The summed E-state index contributed by atoms with van der Waals surface area (Å²) in [7, 11) is 0. The first kappa shape index (κ1) is 52.9. The van der Waals surface area contributed by atoms with Gasteiger partial charge in [0.1, 0.15) is 5.76 Å². The molecule has 0 radical (unpaired) electrons. The van der Waals surface area contributed by atoms with E-state index in [0.29, 0.717) is 35.4 Å². The number of Topliss-reactive ketones (excluding diaryl/α,β-unsaturated/α-hetero) is 1. The molecule has 0 fully saturated rings. The van der Waals surface area contributed by atoms with Crippen molar-refractivity contribution in [2.24, 2.45) is 11.8 Å². The molecule has 8 heteroatoms. The molecule has 0 aliphatic heterocycles. The number of aliphatic hydroxyl groups is 1. The molecule has 0 saturated heterocycles. The van der Waals surface area contributed by atoms with Crippen LogP contribution in [0.2, 0.25) is 0 Å². The molecule has 0 saturated carbocycles. The number of nitrogens with one attached hydrogen (secondary N) is 2. The van der Waals surface area contributed by atoms with Gasteiger partial charge in [-0.2, -0.15) is 4.58 Å². The molecule has 11 rings (SSSR count). The van der Waals surface area contributed by atoms with Crippen molar-refractivity contribution >= 4 is 106 Å². The Labute approximate surface area is 468 Å². The van der Waals surface area contributed by atoms with Crippen LogP contribution in [0.1, 0.15) is 84.6 Å². The predicted molar refractivity (Wildman–Crippen MR) is 333 cm³/mol. The minimum absolute atomic E-state index is 0.0936. The summed E-state index contributed by atoms with van der Waals surface area (Å²) in [5.74, 6) is -1.41. The highest BCUT2D eigenvalue weighted by molar-refractivity contribution is 6.40. The van der Waals surface area contributed by atoms with E-state index in [1.807, 2.05) is 98.8 Å². The number of ketones is 1. The van der Waals surface area contributed by atoms with Gasteiger partial charge in [-0.1, -0.05) is 163 Å². The van der Waals surface area contributed by atoms with Gasteiger partial charge in [0.15, 0.2) is 0 Å². The van der Waals surface area contributed by atoms with Crippen molar-refractivity contribution in [1.82, 2.24) is 9.89 Å². The van der Waals surface area contributed by atoms with Crippen LogP contribution in [0.15, 0.2) is 229 Å². The van der Waals surface area contributed by atoms with Crippen molar-refractivity contribution in [2.45, 2.75) is 79.1 Å². The van der Waals surface area contributed by atoms with E-state index in [-0.39, 0.29) is 40.6 Å². The van der Waals surface area contributed by atoms with Crippen molar-refractivity contribution in [3.05, 3.63) is 234 Å². The number of nitrogens with zero attached hydrogens (tertiary/aromatic N) is 2. The van der Waals surface area contributed by atoms with Crippen LogP contribution in [0.25, 0.3) is 48.7 Å². The van der Waals surface area contributed by atoms with Gasteiger partial charge >= 0.3 is 0 Å². The van der Waals surface area contributed by atoms with E-state index in [1.165, 1.54) is 0 Å². The minimum atomic E-state index is -0.396. The maximum Gasteiger partial charge on any atom is 0.227 e. The molecule has 80 heavy (non-hydrogen) atoms. The fourth-order valence-corrected chi connectivity index (χ4v) is 11.5. The van der Waals surface area contributed by atoms with E-state index < -0.39 is 5.78 Å². The van der Waals surface area contributed by atoms with E-state index in [0.717, 1.165) is 116 Å². The van der Waals surface area contributed by atoms with Crippen LogP contribution in [0.4, 0.5) is 34.1 Å². The summed E-state index contributed by atoms with van der Waals surface area (Å²) in [4.78, 5) is 46.3. The summed E-state index contributed by atoms with van der Waals surface area (Å²) in [5, 5.41) is 27.9. The van der Waals surface area contributed by atoms with Crippen LogP contribution >= 0.6 is 0 Å². The number of unbranched alkanes of at least 4 members (excludes halogenated alkanes) is 2. The number of aliphatic hydroxyl groups excluding tert-OH is 1. The van der Waals surface area contributed by atoms with Crippen LogP contribution in [0.5, 0.6) is 0 Å². The Morgan fingerprint density at radius 1 is 0.500 bits per heavy atom. The normalized spacial score (nSPS) is 15.0. The molecule has 0 aromatic heterocycles. The van der Waals surface area contributed by atoms with Crippen LogP contribution in [0.3, 0.4) is 0 Å². The average molecular weight is 1050 g/mol. The molecule has 2 amide bonds. The fourth-order valence-electron chi connectivity index (χ4n) is 11.5. The third kappa shape index (κ3) is 10.6. The Balaban J connectivity index is 1.07. The molecule has 398 valence electrons. The second-order valence-electron chi connectivity index (χ2n) is 21.2. The summed E-state index contributed by atoms with van der Waals surface area (Å²) in [5.41, 5.74) is 6.97. The highest BCUT2D eigenvalue weighted by Crippen LogP contribution is 2.46. The summed E-state index contributed by atoms with van der Waals surface area (Å²) in [6.45, 7) is 8.30. The lowest BCUT2D eigenvalue weighted by molar-refractivity contribution is -0.124. The highest BCUT2D eigenvalue weighted by Gasteiger charge is 2.40. The molecule has 8 nitrogen and oxygen atoms in total. The van der Waals surface area contributed by atoms with E-state index >= 15 is 4.79 Å². The SMILES string of the molecule is CCCCC(CC)C(=O)NC1=CC(=[N+](c2ccc3ccccc3c2)c2ccc3ccccc3c2)C=CC1=C1C(=O)C(c2ccc(N(c3ccc4ccccc4c3)c3ccc4ccccc4c3)cc2NC(=O)C(CC)CCCC)=C1O. The maximum atomic E-state index is 15.2. The van der Waals surface area contributed by atoms with E-state index in [4.69, 9.17) is 0 Å². The summed E-state index contributed by atoms with van der Waals surface area (Å²) >= 11 is 0. The van der Waals surface area contributed by atoms with Gasteiger partial charge in [0, 0.05) is 76.5 Å². The van der Waals surface area contributed by atoms with Crippen molar-refractivity contribution in [2.75, 3.05) is 10.2 Å². The van der Waals surface area contributed by atoms with Crippen LogP contribution < -0.4 is 20.1 Å². The molecule has 2 atom stereocenters. The van der Waals surface area contributed by atoms with Gasteiger partial charge in [-0.3, -0.25) is 14.4 Å². The van der Waals surface area contributed by atoms with E-state index in [1.54, 1.807) is 0 Å². The van der Waals surface area contributed by atoms with Gasteiger partial charge in [0.2, 0.25) is 34.7 Å². The smallest absolute Gasteiger partial charge is 0.227 e. The van der Waals surface area contributed by atoms with Gasteiger partial charge in [-0.25, -0.2) is 0 Å². The largest absolute Gasteiger partial charge is 0.506 e. The zero-order chi connectivity index (χ0) is 55.3. The molecule has 9 aromatic carbocycles. The van der Waals surface area contributed by atoms with Crippen molar-refractivity contribution < 1.29 is 19.5 Å². The number of benzene rings is 9. The Morgan fingerprint density at radius 3 is 1.41 bits per heavy atom. The molecule has 0 spiro atoms. The monoisotopic (exact) mass is 1050 g/mol. The molecule has 2 aliphatic rings. The second-order valence-corrected chi connectivity index (χ2v) is 21.2. The summed E-state index contributed by atoms with van der Waals surface area (Å²) < 4.78 is 2.17. The molecule has 9 aromatic rings. The Morgan fingerprint density at radius 2 is 0.938 bits per heavy atom. The Bertz CT molecular complexity index is 3900. The third-order valence-electron chi connectivity index (χ3n) is 16.0. The predicted octanol–water partition coefficient (Wildman–Crippen LogP) is 17.8. The lowest BCUT2D eigenvalue weighted by atomic mass is 9.78. The Kier molecular flexibility index (Phi) is 15.5. The number of fused-ring (bicyclic) bond motifs is 4. The first-order chi connectivity index (χ1) is 39.1. The number of anilines is 4. The van der Waals surface area contributed by atoms with Crippen molar-refractivity contribution in [3.8, 4) is 0 Å². The van der Waals surface area contributed by atoms with Crippen molar-refractivity contribution in [1.29, 1.82) is 0 Å². The molecule has 2 unspecified atom stereocenters. The standard InChI is InChI=1S/C72H66N4O4/c1-5-9-19-47(7-3)71(79)73-65-45-61(75(57-33-29-49-21-11-15-25-53(49)41-57)58-34-30-50-22-12-16-26-54(50)42-58)37-39-63(65)67-69(77)68(70(67)78)64-40-38-62(46-66(64)74-72(80)48(8-4)20-10-6-2)76(59-35-31-51-23-13-17-27-55(51)43-59)60-36-32-52-24-14-18-28-56(52)44-60/h11-18,21-48H,5-10,19-20H2,1-4H3,(H2,73,74,77,78,79,80)/p+1. The number of hydrogen-bond acceptors (Lipinski definition) is 5. The number of amides is 2. The fraction of sp³-hybridized carbons (Fsp3) is 0.194. The molecule has 2 aliphatic carbocycles. The molecule has 3 N–H and O–H groups in total. The number of rotatable bonds is 18. The number of allylic oxidation sites excluding steroid dienone is 5. The van der Waals surface area contributed by atoms with Gasteiger partial charge < -0.3 is 20.6 Å². The lowest BCUT2D eigenvalue weighted by Gasteiger charge is -2.30. The molecule has 0 heterocycles.